The number of benzene rings is 2. The number of carbonyl (C=O) groups is 4. The predicted molar refractivity (Wildman–Crippen MR) is 133 cm³/mol. The molecule has 38 heavy (non-hydrogen) atoms. The van der Waals surface area contributed by atoms with Gasteiger partial charge in [0.05, 0.1) is 23.4 Å². The summed E-state index contributed by atoms with van der Waals surface area (Å²) in [6.07, 6.45) is 1.32. The molecule has 3 heterocycles. The molecule has 4 N–H and O–H groups in total. The van der Waals surface area contributed by atoms with Crippen molar-refractivity contribution in [3.8, 4) is 0 Å². The molecule has 0 spiro atoms. The van der Waals surface area contributed by atoms with Crippen LogP contribution in [0.2, 0.25) is 0 Å². The minimum absolute atomic E-state index is 0. The van der Waals surface area contributed by atoms with Gasteiger partial charge in [-0.3, -0.25) is 19.6 Å². The van der Waals surface area contributed by atoms with Crippen LogP contribution in [0.15, 0.2) is 66.5 Å². The van der Waals surface area contributed by atoms with Gasteiger partial charge in [-0.15, -0.1) is 11.8 Å². The van der Waals surface area contributed by atoms with Crippen LogP contribution in [0.4, 0.5) is 11.4 Å². The first-order valence-electron chi connectivity index (χ1n) is 11.5. The van der Waals surface area contributed by atoms with E-state index in [-0.39, 0.29) is 35.3 Å². The molecule has 0 radical (unpaired) electrons. The van der Waals surface area contributed by atoms with Gasteiger partial charge < -0.3 is 30.8 Å². The number of para-hydroxylation sites is 2. The van der Waals surface area contributed by atoms with Crippen LogP contribution in [0.1, 0.15) is 25.5 Å². The normalized spacial score (nSPS) is 23.4. The molecule has 13 heteroatoms. The Labute approximate surface area is 244 Å². The Morgan fingerprint density at radius 2 is 1.76 bits per heavy atom. The molecule has 0 bridgehead atoms. The fraction of sp³-hybridized carbons (Fsp3) is 0.280. The van der Waals surface area contributed by atoms with Gasteiger partial charge in [0, 0.05) is 10.9 Å². The van der Waals surface area contributed by atoms with Crippen LogP contribution in [0.5, 0.6) is 0 Å². The molecule has 4 atom stereocenters. The summed E-state index contributed by atoms with van der Waals surface area (Å²) in [5.41, 5.74) is 1.28. The maximum Gasteiger partial charge on any atom is 1.00 e. The number of thioether (sulfide) groups is 1. The number of hydroxylamine groups is 1. The van der Waals surface area contributed by atoms with Crippen LogP contribution in [0, 0.1) is 0 Å². The predicted octanol–water partition coefficient (Wildman–Crippen LogP) is -2.69. The van der Waals surface area contributed by atoms with Crippen molar-refractivity contribution in [3.05, 3.63) is 72.1 Å². The molecule has 2 saturated heterocycles. The second kappa shape index (κ2) is 10.6. The Hall–Kier alpha value is -3.03. The van der Waals surface area contributed by atoms with E-state index in [1.165, 1.54) is 22.9 Å². The topological polar surface area (TPSA) is 154 Å². The number of β-lactam (4-membered cyclic amide) rings is 1. The molecular formula is C25H24N5NaO6S. The number of anilines is 2. The third-order valence-corrected chi connectivity index (χ3v) is 8.16. The molecule has 3 aliphatic rings. The van der Waals surface area contributed by atoms with E-state index in [2.05, 4.69) is 16.0 Å². The fourth-order valence-corrected chi connectivity index (χ4v) is 6.41. The summed E-state index contributed by atoms with van der Waals surface area (Å²) in [6, 6.07) is 12.0. The quantitative estimate of drug-likeness (QED) is 0.224. The van der Waals surface area contributed by atoms with Gasteiger partial charge in [-0.05, 0) is 31.5 Å². The monoisotopic (exact) mass is 545 g/mol. The molecule has 1 unspecified atom stereocenters. The van der Waals surface area contributed by atoms with Crippen LogP contribution in [-0.2, 0) is 19.2 Å². The number of amides is 3. The zero-order chi connectivity index (χ0) is 26.5. The van der Waals surface area contributed by atoms with Gasteiger partial charge in [0.1, 0.15) is 23.2 Å². The largest absolute Gasteiger partial charge is 1.00 e. The van der Waals surface area contributed by atoms with E-state index in [0.717, 1.165) is 5.06 Å². The van der Waals surface area contributed by atoms with E-state index in [1.807, 2.05) is 0 Å². The molecule has 11 nitrogen and oxygen atoms in total. The summed E-state index contributed by atoms with van der Waals surface area (Å²) < 4.78 is -0.799. The average molecular weight is 546 g/mol. The molecule has 2 aromatic rings. The third-order valence-electron chi connectivity index (χ3n) is 6.59. The van der Waals surface area contributed by atoms with Crippen LogP contribution < -0.4 is 55.7 Å². The van der Waals surface area contributed by atoms with Crippen LogP contribution >= 0.6 is 11.8 Å². The van der Waals surface area contributed by atoms with Crippen molar-refractivity contribution in [3.63, 3.8) is 0 Å². The van der Waals surface area contributed by atoms with Gasteiger partial charge in [-0.2, -0.15) is 0 Å². The molecule has 0 aromatic heterocycles. The second-order valence-electron chi connectivity index (χ2n) is 9.39. The van der Waals surface area contributed by atoms with Gasteiger partial charge >= 0.3 is 29.6 Å². The molecule has 3 amide bonds. The SMILES string of the molecule is CC1(C)S[C@@H]2[C@H](NC(=O)C(NC(=O)C3=CNc4ccccc4N3O)c3ccccc3)C(=O)N2[C@H]1C(=O)[O-].[Na+]. The molecule has 3 aliphatic heterocycles. The number of carboxylic acid groups (broad SMARTS) is 1. The Kier molecular flexibility index (Phi) is 7.82. The number of nitrogens with zero attached hydrogens (tertiary/aromatic N) is 2. The maximum atomic E-state index is 13.4. The Bertz CT molecular complexity index is 1320. The van der Waals surface area contributed by atoms with Crippen molar-refractivity contribution in [2.45, 2.75) is 42.1 Å². The Morgan fingerprint density at radius 3 is 2.45 bits per heavy atom. The number of nitrogens with one attached hydrogen (secondary N) is 3. The number of hydrogen-bond acceptors (Lipinski definition) is 9. The van der Waals surface area contributed by atoms with Crippen molar-refractivity contribution >= 4 is 46.8 Å². The van der Waals surface area contributed by atoms with E-state index in [4.69, 9.17) is 0 Å². The van der Waals surface area contributed by atoms with E-state index in [1.54, 1.807) is 68.4 Å². The van der Waals surface area contributed by atoms with Gasteiger partial charge in [0.15, 0.2) is 0 Å². The molecule has 192 valence electrons. The van der Waals surface area contributed by atoms with Crippen molar-refractivity contribution < 1.29 is 59.0 Å². The first kappa shape index (κ1) is 28.0. The van der Waals surface area contributed by atoms with E-state index >= 15 is 0 Å². The smallest absolute Gasteiger partial charge is 0.548 e. The standard InChI is InChI=1S/C25H25N5O6S.Na/c1-25(2)19(24(34)35)29-22(33)18(23(29)37-25)28-21(32)17(13-8-4-3-5-9-13)27-20(31)16-12-26-14-10-6-7-11-15(14)30(16)36;/h3-12,17-19,23,26,36H,1-2H3,(H,27,31)(H,28,32)(H,34,35);/q;+1/p-1/t17?,18-,19+,23-;/m1./s1. The summed E-state index contributed by atoms with van der Waals surface area (Å²) >= 11 is 1.27. The summed E-state index contributed by atoms with van der Waals surface area (Å²) in [6.45, 7) is 3.42. The van der Waals surface area contributed by atoms with E-state index < -0.39 is 51.9 Å². The number of carboxylic acids is 1. The van der Waals surface area contributed by atoms with Crippen molar-refractivity contribution in [1.29, 1.82) is 0 Å². The Balaban J connectivity index is 0.00000336. The molecule has 0 aliphatic carbocycles. The number of hydrogen-bond donors (Lipinski definition) is 4. The van der Waals surface area contributed by atoms with Gasteiger partial charge in [0.2, 0.25) is 11.8 Å². The number of aliphatic carboxylic acids is 1. The van der Waals surface area contributed by atoms with E-state index in [0.29, 0.717) is 16.9 Å². The summed E-state index contributed by atoms with van der Waals surface area (Å²) in [4.78, 5) is 52.3. The third kappa shape index (κ3) is 4.78. The zero-order valence-corrected chi connectivity index (χ0v) is 23.7. The van der Waals surface area contributed by atoms with Crippen LogP contribution in [-0.4, -0.2) is 56.0 Å². The van der Waals surface area contributed by atoms with Crippen molar-refractivity contribution in [2.75, 3.05) is 10.4 Å². The van der Waals surface area contributed by atoms with Gasteiger partial charge in [-0.25, -0.2) is 5.06 Å². The first-order chi connectivity index (χ1) is 17.6. The first-order valence-corrected chi connectivity index (χ1v) is 12.4. The van der Waals surface area contributed by atoms with Gasteiger partial charge in [-0.1, -0.05) is 42.5 Å². The molecule has 5 rings (SSSR count). The minimum atomic E-state index is -1.35. The molecule has 2 fully saturated rings. The number of rotatable bonds is 6. The van der Waals surface area contributed by atoms with Gasteiger partial charge in [0.25, 0.3) is 5.91 Å². The summed E-state index contributed by atoms with van der Waals surface area (Å²) in [5.74, 6) is -3.26. The minimum Gasteiger partial charge on any atom is -0.548 e. The number of carbonyl (C=O) groups excluding carboxylic acids is 4. The van der Waals surface area contributed by atoms with E-state index in [9.17, 15) is 29.5 Å². The fourth-order valence-electron chi connectivity index (χ4n) is 4.79. The number of fused-ring (bicyclic) bond motifs is 2. The van der Waals surface area contributed by atoms with Crippen molar-refractivity contribution in [2.24, 2.45) is 0 Å². The van der Waals surface area contributed by atoms with Crippen LogP contribution in [0.25, 0.3) is 0 Å². The molecular weight excluding hydrogens is 521 g/mol. The second-order valence-corrected chi connectivity index (χ2v) is 11.2. The van der Waals surface area contributed by atoms with Crippen molar-refractivity contribution in [1.82, 2.24) is 15.5 Å². The molecule has 2 aromatic carbocycles. The summed E-state index contributed by atoms with van der Waals surface area (Å²) in [5, 5.41) is 30.7. The Morgan fingerprint density at radius 1 is 1.11 bits per heavy atom. The zero-order valence-electron chi connectivity index (χ0n) is 20.9. The van der Waals surface area contributed by atoms with Crippen LogP contribution in [0.3, 0.4) is 0 Å². The molecule has 0 saturated carbocycles. The average Bonchev–Trinajstić information content (AvgIpc) is 3.14. The maximum absolute atomic E-state index is 13.4. The summed E-state index contributed by atoms with van der Waals surface area (Å²) in [7, 11) is 0.